The lowest BCUT2D eigenvalue weighted by atomic mass is 10.1. The quantitative estimate of drug-likeness (QED) is 0.756. The van der Waals surface area contributed by atoms with Crippen molar-refractivity contribution in [3.05, 3.63) is 29.8 Å². The Hall–Kier alpha value is -1.50. The van der Waals surface area contributed by atoms with Crippen LogP contribution in [0.1, 0.15) is 32.4 Å². The summed E-state index contributed by atoms with van der Waals surface area (Å²) >= 11 is 0. The van der Waals surface area contributed by atoms with Crippen LogP contribution in [-0.4, -0.2) is 18.7 Å². The molecule has 2 unspecified atom stereocenters. The minimum absolute atomic E-state index is 0.00476. The van der Waals surface area contributed by atoms with E-state index in [9.17, 15) is 0 Å². The summed E-state index contributed by atoms with van der Waals surface area (Å²) in [7, 11) is 0. The molecular formula is C15H22N2O. The van der Waals surface area contributed by atoms with Crippen LogP contribution in [0.4, 0.5) is 0 Å². The Morgan fingerprint density at radius 1 is 1.28 bits per heavy atom. The van der Waals surface area contributed by atoms with Crippen molar-refractivity contribution in [3.63, 3.8) is 0 Å². The summed E-state index contributed by atoms with van der Waals surface area (Å²) in [5, 5.41) is 3.29. The van der Waals surface area contributed by atoms with Crippen LogP contribution in [-0.2, 0) is 0 Å². The molecule has 1 rings (SSSR count). The van der Waals surface area contributed by atoms with Crippen LogP contribution in [0, 0.1) is 12.3 Å². The second-order valence-corrected chi connectivity index (χ2v) is 4.58. The van der Waals surface area contributed by atoms with Crippen LogP contribution in [0.3, 0.4) is 0 Å². The molecule has 0 saturated carbocycles. The molecule has 3 heteroatoms. The summed E-state index contributed by atoms with van der Waals surface area (Å²) in [5.74, 6) is 3.52. The summed E-state index contributed by atoms with van der Waals surface area (Å²) in [4.78, 5) is 0. The highest BCUT2D eigenvalue weighted by atomic mass is 16.5. The molecule has 0 fully saturated rings. The molecule has 0 bridgehead atoms. The van der Waals surface area contributed by atoms with Gasteiger partial charge in [0.1, 0.15) is 5.75 Å². The first-order valence-corrected chi connectivity index (χ1v) is 6.25. The van der Waals surface area contributed by atoms with Crippen LogP contribution in [0.15, 0.2) is 24.3 Å². The van der Waals surface area contributed by atoms with Crippen molar-refractivity contribution in [2.75, 3.05) is 6.54 Å². The van der Waals surface area contributed by atoms with E-state index in [1.54, 1.807) is 0 Å². The first kappa shape index (κ1) is 14.6. The molecule has 0 amide bonds. The first-order valence-electron chi connectivity index (χ1n) is 6.25. The number of nitrogens with two attached hydrogens (primary N) is 1. The minimum Gasteiger partial charge on any atom is -0.491 e. The van der Waals surface area contributed by atoms with Gasteiger partial charge in [-0.25, -0.2) is 0 Å². The highest BCUT2D eigenvalue weighted by Gasteiger charge is 2.11. The van der Waals surface area contributed by atoms with E-state index in [0.29, 0.717) is 6.54 Å². The van der Waals surface area contributed by atoms with E-state index in [4.69, 9.17) is 16.9 Å². The first-order chi connectivity index (χ1) is 8.56. The van der Waals surface area contributed by atoms with Gasteiger partial charge in [-0.05, 0) is 38.5 Å². The molecule has 1 aromatic carbocycles. The second-order valence-electron chi connectivity index (χ2n) is 4.58. The fraction of sp³-hybridized carbons (Fsp3) is 0.467. The molecule has 98 valence electrons. The molecule has 3 nitrogen and oxygen atoms in total. The van der Waals surface area contributed by atoms with Gasteiger partial charge in [0, 0.05) is 12.6 Å². The van der Waals surface area contributed by atoms with E-state index in [0.717, 1.165) is 11.3 Å². The molecule has 0 aliphatic carbocycles. The Bertz CT molecular complexity index is 392. The van der Waals surface area contributed by atoms with Gasteiger partial charge in [0.25, 0.3) is 0 Å². The van der Waals surface area contributed by atoms with E-state index >= 15 is 0 Å². The van der Waals surface area contributed by atoms with Gasteiger partial charge in [-0.15, -0.1) is 6.42 Å². The summed E-state index contributed by atoms with van der Waals surface area (Å²) in [6, 6.07) is 8.03. The minimum atomic E-state index is 0.00476. The highest BCUT2D eigenvalue weighted by Crippen LogP contribution is 2.18. The van der Waals surface area contributed by atoms with Gasteiger partial charge in [-0.3, -0.25) is 5.32 Å². The summed E-state index contributed by atoms with van der Waals surface area (Å²) < 4.78 is 5.60. The lowest BCUT2D eigenvalue weighted by molar-refractivity contribution is 0.242. The van der Waals surface area contributed by atoms with Gasteiger partial charge in [-0.2, -0.15) is 0 Å². The van der Waals surface area contributed by atoms with Crippen molar-refractivity contribution in [1.29, 1.82) is 0 Å². The lowest BCUT2D eigenvalue weighted by Crippen LogP contribution is -2.34. The third kappa shape index (κ3) is 4.40. The summed E-state index contributed by atoms with van der Waals surface area (Å²) in [6.07, 6.45) is 5.54. The van der Waals surface area contributed by atoms with E-state index in [1.165, 1.54) is 0 Å². The monoisotopic (exact) mass is 246 g/mol. The number of ether oxygens (including phenoxy) is 1. The molecule has 0 saturated heterocycles. The Morgan fingerprint density at radius 3 is 2.33 bits per heavy atom. The maximum atomic E-state index is 5.76. The van der Waals surface area contributed by atoms with Crippen molar-refractivity contribution in [3.8, 4) is 18.1 Å². The Balaban J connectivity index is 2.73. The van der Waals surface area contributed by atoms with Crippen LogP contribution < -0.4 is 15.8 Å². The average Bonchev–Trinajstić information content (AvgIpc) is 2.36. The summed E-state index contributed by atoms with van der Waals surface area (Å²) in [6.45, 7) is 6.47. The molecule has 0 aromatic heterocycles. The lowest BCUT2D eigenvalue weighted by Gasteiger charge is -2.20. The SMILES string of the molecule is C#CC(C)NC(CN)c1ccc(OC(C)C)cc1. The standard InChI is InChI=1S/C15H22N2O/c1-5-12(4)17-15(10-16)13-6-8-14(9-7-13)18-11(2)3/h1,6-9,11-12,15,17H,10,16H2,2-4H3. The number of hydrogen-bond acceptors (Lipinski definition) is 3. The Kier molecular flexibility index (Phi) is 5.70. The second kappa shape index (κ2) is 7.05. The zero-order valence-electron chi connectivity index (χ0n) is 11.3. The highest BCUT2D eigenvalue weighted by molar-refractivity contribution is 5.29. The van der Waals surface area contributed by atoms with Crippen molar-refractivity contribution in [2.24, 2.45) is 5.73 Å². The fourth-order valence-corrected chi connectivity index (χ4v) is 1.70. The van der Waals surface area contributed by atoms with Crippen LogP contribution in [0.5, 0.6) is 5.75 Å². The summed E-state index contributed by atoms with van der Waals surface area (Å²) in [5.41, 5.74) is 6.89. The normalized spacial score (nSPS) is 14.0. The molecule has 3 N–H and O–H groups in total. The third-order valence-electron chi connectivity index (χ3n) is 2.59. The molecule has 0 aliphatic rings. The largest absolute Gasteiger partial charge is 0.491 e. The maximum absolute atomic E-state index is 5.76. The zero-order chi connectivity index (χ0) is 13.5. The van der Waals surface area contributed by atoms with Crippen molar-refractivity contribution in [1.82, 2.24) is 5.32 Å². The van der Waals surface area contributed by atoms with E-state index in [1.807, 2.05) is 45.0 Å². The van der Waals surface area contributed by atoms with E-state index in [-0.39, 0.29) is 18.2 Å². The van der Waals surface area contributed by atoms with Crippen molar-refractivity contribution in [2.45, 2.75) is 39.0 Å². The molecule has 18 heavy (non-hydrogen) atoms. The molecular weight excluding hydrogens is 224 g/mol. The van der Waals surface area contributed by atoms with E-state index in [2.05, 4.69) is 11.2 Å². The zero-order valence-corrected chi connectivity index (χ0v) is 11.3. The number of rotatable bonds is 6. The van der Waals surface area contributed by atoms with Crippen LogP contribution in [0.2, 0.25) is 0 Å². The fourth-order valence-electron chi connectivity index (χ4n) is 1.70. The molecule has 0 radical (unpaired) electrons. The van der Waals surface area contributed by atoms with Crippen LogP contribution in [0.25, 0.3) is 0 Å². The van der Waals surface area contributed by atoms with E-state index < -0.39 is 0 Å². The van der Waals surface area contributed by atoms with Gasteiger partial charge in [0.15, 0.2) is 0 Å². The third-order valence-corrected chi connectivity index (χ3v) is 2.59. The topological polar surface area (TPSA) is 47.3 Å². The molecule has 0 heterocycles. The van der Waals surface area contributed by atoms with Gasteiger partial charge in [-0.1, -0.05) is 18.1 Å². The number of nitrogens with one attached hydrogen (secondary N) is 1. The smallest absolute Gasteiger partial charge is 0.119 e. The number of benzene rings is 1. The number of hydrogen-bond donors (Lipinski definition) is 2. The predicted octanol–water partition coefficient (Wildman–Crippen LogP) is 2.08. The Morgan fingerprint density at radius 2 is 1.89 bits per heavy atom. The van der Waals surface area contributed by atoms with Gasteiger partial charge < -0.3 is 10.5 Å². The predicted molar refractivity (Wildman–Crippen MR) is 75.4 cm³/mol. The molecule has 2 atom stereocenters. The molecule has 1 aromatic rings. The molecule has 0 aliphatic heterocycles. The van der Waals surface area contributed by atoms with Crippen molar-refractivity contribution < 1.29 is 4.74 Å². The van der Waals surface area contributed by atoms with Gasteiger partial charge in [0.2, 0.25) is 0 Å². The molecule has 0 spiro atoms. The van der Waals surface area contributed by atoms with Crippen molar-refractivity contribution >= 4 is 0 Å². The maximum Gasteiger partial charge on any atom is 0.119 e. The van der Waals surface area contributed by atoms with Gasteiger partial charge in [0.05, 0.1) is 12.1 Å². The number of terminal acetylenes is 1. The van der Waals surface area contributed by atoms with Crippen LogP contribution >= 0.6 is 0 Å². The Labute approximate surface area is 110 Å². The average molecular weight is 246 g/mol. The van der Waals surface area contributed by atoms with Gasteiger partial charge >= 0.3 is 0 Å².